The summed E-state index contributed by atoms with van der Waals surface area (Å²) in [6.07, 6.45) is 0.811. The average Bonchev–Trinajstić information content (AvgIpc) is 2.61. The molecule has 1 saturated heterocycles. The summed E-state index contributed by atoms with van der Waals surface area (Å²) in [6.45, 7) is 3.73. The van der Waals surface area contributed by atoms with E-state index in [1.54, 1.807) is 7.05 Å². The molecule has 5 heteroatoms. The molecule has 1 aliphatic rings. The first kappa shape index (κ1) is 16.3. The minimum atomic E-state index is -0.854. The van der Waals surface area contributed by atoms with Crippen molar-refractivity contribution in [3.05, 3.63) is 48.0 Å². The number of rotatable bonds is 3. The Morgan fingerprint density at radius 2 is 1.92 bits per heavy atom. The number of carbonyl (C=O) groups is 1. The van der Waals surface area contributed by atoms with Crippen LogP contribution in [0.15, 0.2) is 42.5 Å². The van der Waals surface area contributed by atoms with Crippen LogP contribution in [0.4, 0.5) is 10.6 Å². The Hall–Kier alpha value is -2.56. The zero-order valence-corrected chi connectivity index (χ0v) is 14.1. The number of amides is 1. The lowest BCUT2D eigenvalue weighted by atomic mass is 10.0. The van der Waals surface area contributed by atoms with Gasteiger partial charge in [-0.05, 0) is 38.0 Å². The number of hydrogen-bond acceptors (Lipinski definition) is 3. The van der Waals surface area contributed by atoms with Crippen molar-refractivity contribution in [3.8, 4) is 11.3 Å². The molecule has 1 aliphatic heterocycles. The van der Waals surface area contributed by atoms with Crippen molar-refractivity contribution in [3.63, 3.8) is 0 Å². The maximum Gasteiger partial charge on any atom is 0.407 e. The van der Waals surface area contributed by atoms with E-state index in [0.717, 1.165) is 43.0 Å². The number of nitrogens with zero attached hydrogens (tertiary/aromatic N) is 3. The van der Waals surface area contributed by atoms with E-state index in [1.807, 2.05) is 24.3 Å². The third kappa shape index (κ3) is 3.50. The molecule has 2 aromatic rings. The second kappa shape index (κ2) is 6.91. The molecule has 0 aliphatic carbocycles. The highest BCUT2D eigenvalue weighted by atomic mass is 16.4. The van der Waals surface area contributed by atoms with Crippen LogP contribution in [0.25, 0.3) is 11.3 Å². The van der Waals surface area contributed by atoms with E-state index in [2.05, 4.69) is 30.0 Å². The summed E-state index contributed by atoms with van der Waals surface area (Å²) in [5.74, 6) is 0.963. The normalized spacial score (nSPS) is 15.3. The number of benzene rings is 1. The number of aryl methyl sites for hydroxylation is 1. The molecule has 0 saturated carbocycles. The lowest BCUT2D eigenvalue weighted by Gasteiger charge is -2.36. The summed E-state index contributed by atoms with van der Waals surface area (Å²) in [4.78, 5) is 19.6. The fraction of sp³-hybridized carbons (Fsp3) is 0.368. The van der Waals surface area contributed by atoms with Crippen molar-refractivity contribution in [2.24, 2.45) is 0 Å². The van der Waals surface area contributed by atoms with Crippen molar-refractivity contribution in [1.82, 2.24) is 9.88 Å². The van der Waals surface area contributed by atoms with Gasteiger partial charge in [0.1, 0.15) is 5.82 Å². The zero-order valence-electron chi connectivity index (χ0n) is 14.1. The van der Waals surface area contributed by atoms with Gasteiger partial charge in [-0.3, -0.25) is 0 Å². The first-order chi connectivity index (χ1) is 11.5. The van der Waals surface area contributed by atoms with Crippen LogP contribution in [0.1, 0.15) is 18.4 Å². The highest BCUT2D eigenvalue weighted by Gasteiger charge is 2.25. The van der Waals surface area contributed by atoms with Gasteiger partial charge >= 0.3 is 6.09 Å². The van der Waals surface area contributed by atoms with Gasteiger partial charge < -0.3 is 14.9 Å². The van der Waals surface area contributed by atoms with E-state index in [4.69, 9.17) is 10.1 Å². The smallest absolute Gasteiger partial charge is 0.407 e. The SMILES string of the molecule is Cc1cccc(-c2cccc(N3CCC(N(C)C(=O)O)CC3)n2)c1. The van der Waals surface area contributed by atoms with E-state index in [9.17, 15) is 4.79 Å². The Morgan fingerprint density at radius 3 is 2.58 bits per heavy atom. The number of pyridine rings is 1. The van der Waals surface area contributed by atoms with Gasteiger partial charge in [-0.1, -0.05) is 29.8 Å². The van der Waals surface area contributed by atoms with Crippen LogP contribution >= 0.6 is 0 Å². The summed E-state index contributed by atoms with van der Waals surface area (Å²) in [5.41, 5.74) is 3.32. The monoisotopic (exact) mass is 325 g/mol. The molecule has 1 aromatic carbocycles. The van der Waals surface area contributed by atoms with Gasteiger partial charge in [0.25, 0.3) is 0 Å². The van der Waals surface area contributed by atoms with Gasteiger partial charge in [0.2, 0.25) is 0 Å². The van der Waals surface area contributed by atoms with Gasteiger partial charge in [-0.15, -0.1) is 0 Å². The predicted octanol–water partition coefficient (Wildman–Crippen LogP) is 3.64. The Labute approximate surface area is 142 Å². The molecular formula is C19H23N3O2. The molecule has 24 heavy (non-hydrogen) atoms. The van der Waals surface area contributed by atoms with Crippen LogP contribution in [0.5, 0.6) is 0 Å². The van der Waals surface area contributed by atoms with E-state index >= 15 is 0 Å². The molecule has 0 radical (unpaired) electrons. The van der Waals surface area contributed by atoms with Crippen LogP contribution in [0.3, 0.4) is 0 Å². The van der Waals surface area contributed by atoms with Gasteiger partial charge in [-0.25, -0.2) is 9.78 Å². The standard InChI is InChI=1S/C19H23N3O2/c1-14-5-3-6-15(13-14)17-7-4-8-18(20-17)22-11-9-16(10-12-22)21(2)19(23)24/h3-8,13,16H,9-12H2,1-2H3,(H,23,24). The second-order valence-electron chi connectivity index (χ2n) is 6.36. The first-order valence-corrected chi connectivity index (χ1v) is 8.29. The molecule has 0 atom stereocenters. The van der Waals surface area contributed by atoms with Crippen LogP contribution in [-0.4, -0.2) is 47.3 Å². The number of anilines is 1. The Kier molecular flexibility index (Phi) is 4.69. The fourth-order valence-electron chi connectivity index (χ4n) is 3.20. The molecule has 0 unspecified atom stereocenters. The lowest BCUT2D eigenvalue weighted by Crippen LogP contribution is -2.45. The summed E-state index contributed by atoms with van der Waals surface area (Å²) >= 11 is 0. The van der Waals surface area contributed by atoms with Crippen LogP contribution < -0.4 is 4.90 Å². The zero-order chi connectivity index (χ0) is 17.1. The Morgan fingerprint density at radius 1 is 1.21 bits per heavy atom. The van der Waals surface area contributed by atoms with Crippen molar-refractivity contribution in [1.29, 1.82) is 0 Å². The topological polar surface area (TPSA) is 56.7 Å². The van der Waals surface area contributed by atoms with Crippen molar-refractivity contribution in [2.75, 3.05) is 25.0 Å². The molecule has 0 spiro atoms. The van der Waals surface area contributed by atoms with E-state index < -0.39 is 6.09 Å². The number of hydrogen-bond donors (Lipinski definition) is 1. The van der Waals surface area contributed by atoms with E-state index in [0.29, 0.717) is 0 Å². The molecule has 126 valence electrons. The van der Waals surface area contributed by atoms with Crippen molar-refractivity contribution >= 4 is 11.9 Å². The van der Waals surface area contributed by atoms with Gasteiger partial charge in [-0.2, -0.15) is 0 Å². The molecule has 1 amide bonds. The molecule has 5 nitrogen and oxygen atoms in total. The van der Waals surface area contributed by atoms with Crippen molar-refractivity contribution < 1.29 is 9.90 Å². The number of carboxylic acid groups (broad SMARTS) is 1. The summed E-state index contributed by atoms with van der Waals surface area (Å²) in [6, 6.07) is 14.5. The molecule has 2 heterocycles. The largest absolute Gasteiger partial charge is 0.465 e. The van der Waals surface area contributed by atoms with Crippen molar-refractivity contribution in [2.45, 2.75) is 25.8 Å². The quantitative estimate of drug-likeness (QED) is 0.936. The summed E-state index contributed by atoms with van der Waals surface area (Å²) in [7, 11) is 1.65. The van der Waals surface area contributed by atoms with E-state index in [1.165, 1.54) is 10.5 Å². The van der Waals surface area contributed by atoms with E-state index in [-0.39, 0.29) is 6.04 Å². The summed E-state index contributed by atoms with van der Waals surface area (Å²) < 4.78 is 0. The fourth-order valence-corrected chi connectivity index (χ4v) is 3.20. The molecule has 1 aromatic heterocycles. The molecule has 1 N–H and O–H groups in total. The molecule has 1 fully saturated rings. The average molecular weight is 325 g/mol. The highest BCUT2D eigenvalue weighted by molar-refractivity contribution is 5.65. The third-order valence-corrected chi connectivity index (χ3v) is 4.69. The third-order valence-electron chi connectivity index (χ3n) is 4.69. The maximum absolute atomic E-state index is 11.1. The Bertz CT molecular complexity index is 724. The van der Waals surface area contributed by atoms with Gasteiger partial charge in [0.15, 0.2) is 0 Å². The summed E-state index contributed by atoms with van der Waals surface area (Å²) in [5, 5.41) is 9.10. The molecule has 3 rings (SSSR count). The van der Waals surface area contributed by atoms with Gasteiger partial charge in [0, 0.05) is 31.7 Å². The number of piperidine rings is 1. The molecular weight excluding hydrogens is 302 g/mol. The first-order valence-electron chi connectivity index (χ1n) is 8.29. The Balaban J connectivity index is 1.73. The van der Waals surface area contributed by atoms with Crippen LogP contribution in [0, 0.1) is 6.92 Å². The highest BCUT2D eigenvalue weighted by Crippen LogP contribution is 2.24. The minimum absolute atomic E-state index is 0.0960. The van der Waals surface area contributed by atoms with Crippen LogP contribution in [0.2, 0.25) is 0 Å². The predicted molar refractivity (Wildman–Crippen MR) is 95.4 cm³/mol. The lowest BCUT2D eigenvalue weighted by molar-refractivity contribution is 0.131. The maximum atomic E-state index is 11.1. The van der Waals surface area contributed by atoms with Crippen LogP contribution in [-0.2, 0) is 0 Å². The minimum Gasteiger partial charge on any atom is -0.465 e. The van der Waals surface area contributed by atoms with Gasteiger partial charge in [0.05, 0.1) is 5.69 Å². The second-order valence-corrected chi connectivity index (χ2v) is 6.36. The molecule has 0 bridgehead atoms. The number of aromatic nitrogens is 1.